The second-order valence-corrected chi connectivity index (χ2v) is 6.77. The first-order chi connectivity index (χ1) is 12.6. The number of nitrogens with one attached hydrogen (secondary N) is 1. The number of ether oxygens (including phenoxy) is 2. The van der Waals surface area contributed by atoms with Gasteiger partial charge in [0.1, 0.15) is 5.75 Å². The van der Waals surface area contributed by atoms with Gasteiger partial charge < -0.3 is 14.8 Å². The molecule has 1 heterocycles. The van der Waals surface area contributed by atoms with Crippen molar-refractivity contribution in [3.8, 4) is 11.6 Å². The van der Waals surface area contributed by atoms with Crippen LogP contribution in [0.15, 0.2) is 41.0 Å². The number of hydrogen-bond donors (Lipinski definition) is 1. The Morgan fingerprint density at radius 1 is 1.31 bits per heavy atom. The standard InChI is InChI=1S/C20H25BrN2O3/c1-3-4-12-26-20-16(6-5-11-22-20)14-23-19(24)10-8-15-7-9-18(25-2)17(21)13-15/h5-7,9,11,13H,3-4,8,10,12,14H2,1-2H3,(H,23,24). The summed E-state index contributed by atoms with van der Waals surface area (Å²) >= 11 is 3.46. The van der Waals surface area contributed by atoms with Gasteiger partial charge in [-0.3, -0.25) is 4.79 Å². The Kier molecular flexibility index (Phi) is 8.41. The highest BCUT2D eigenvalue weighted by Gasteiger charge is 2.08. The average molecular weight is 421 g/mol. The molecular formula is C20H25BrN2O3. The number of halogens is 1. The van der Waals surface area contributed by atoms with E-state index in [9.17, 15) is 4.79 Å². The molecule has 0 unspecified atom stereocenters. The number of carbonyl (C=O) groups excluding carboxylic acids is 1. The van der Waals surface area contributed by atoms with Crippen LogP contribution in [0.3, 0.4) is 0 Å². The van der Waals surface area contributed by atoms with E-state index in [1.165, 1.54) is 0 Å². The molecule has 140 valence electrons. The Balaban J connectivity index is 1.82. The van der Waals surface area contributed by atoms with Crippen molar-refractivity contribution in [2.75, 3.05) is 13.7 Å². The first-order valence-corrected chi connectivity index (χ1v) is 9.59. The number of hydrogen-bond acceptors (Lipinski definition) is 4. The highest BCUT2D eigenvalue weighted by atomic mass is 79.9. The van der Waals surface area contributed by atoms with Crippen LogP contribution in [0.1, 0.15) is 37.3 Å². The minimum absolute atomic E-state index is 0.000279. The van der Waals surface area contributed by atoms with Gasteiger partial charge in [-0.25, -0.2) is 4.98 Å². The van der Waals surface area contributed by atoms with E-state index in [0.717, 1.165) is 34.2 Å². The Bertz CT molecular complexity index is 722. The van der Waals surface area contributed by atoms with E-state index in [-0.39, 0.29) is 5.91 Å². The van der Waals surface area contributed by atoms with Crippen molar-refractivity contribution in [3.63, 3.8) is 0 Å². The zero-order valence-electron chi connectivity index (χ0n) is 15.3. The second-order valence-electron chi connectivity index (χ2n) is 5.92. The number of rotatable bonds is 10. The van der Waals surface area contributed by atoms with Crippen LogP contribution in [0.2, 0.25) is 0 Å². The third kappa shape index (κ3) is 6.33. The van der Waals surface area contributed by atoms with Gasteiger partial charge in [0.15, 0.2) is 0 Å². The maximum Gasteiger partial charge on any atom is 0.220 e. The van der Waals surface area contributed by atoms with Crippen LogP contribution < -0.4 is 14.8 Å². The average Bonchev–Trinajstić information content (AvgIpc) is 2.66. The lowest BCUT2D eigenvalue weighted by Crippen LogP contribution is -2.23. The largest absolute Gasteiger partial charge is 0.496 e. The second kappa shape index (κ2) is 10.8. The predicted molar refractivity (Wildman–Crippen MR) is 106 cm³/mol. The van der Waals surface area contributed by atoms with Gasteiger partial charge >= 0.3 is 0 Å². The van der Waals surface area contributed by atoms with E-state index < -0.39 is 0 Å². The number of pyridine rings is 1. The third-order valence-electron chi connectivity index (χ3n) is 3.92. The van der Waals surface area contributed by atoms with Gasteiger partial charge in [-0.2, -0.15) is 0 Å². The van der Waals surface area contributed by atoms with Crippen molar-refractivity contribution < 1.29 is 14.3 Å². The molecule has 0 fully saturated rings. The first kappa shape index (κ1) is 20.2. The number of carbonyl (C=O) groups is 1. The number of nitrogens with zero attached hydrogens (tertiary/aromatic N) is 1. The van der Waals surface area contributed by atoms with E-state index in [2.05, 4.69) is 33.2 Å². The Labute approximate surface area is 163 Å². The molecule has 6 heteroatoms. The molecule has 0 radical (unpaired) electrons. The molecule has 0 atom stereocenters. The molecule has 0 saturated heterocycles. The van der Waals surface area contributed by atoms with Crippen LogP contribution in [-0.4, -0.2) is 24.6 Å². The molecule has 1 amide bonds. The molecule has 0 aliphatic carbocycles. The topological polar surface area (TPSA) is 60.5 Å². The van der Waals surface area contributed by atoms with E-state index in [1.54, 1.807) is 13.3 Å². The number of amides is 1. The summed E-state index contributed by atoms with van der Waals surface area (Å²) in [5.41, 5.74) is 1.97. The lowest BCUT2D eigenvalue weighted by Gasteiger charge is -2.11. The lowest BCUT2D eigenvalue weighted by molar-refractivity contribution is -0.121. The molecule has 0 aliphatic heterocycles. The van der Waals surface area contributed by atoms with E-state index in [0.29, 0.717) is 31.9 Å². The molecule has 0 saturated carbocycles. The number of unbranched alkanes of at least 4 members (excludes halogenated alkanes) is 1. The van der Waals surface area contributed by atoms with E-state index >= 15 is 0 Å². The molecule has 2 rings (SSSR count). The van der Waals surface area contributed by atoms with Crippen LogP contribution in [-0.2, 0) is 17.8 Å². The van der Waals surface area contributed by atoms with Crippen molar-refractivity contribution in [1.29, 1.82) is 0 Å². The third-order valence-corrected chi connectivity index (χ3v) is 4.54. The monoisotopic (exact) mass is 420 g/mol. The first-order valence-electron chi connectivity index (χ1n) is 8.79. The Morgan fingerprint density at radius 2 is 2.15 bits per heavy atom. The fourth-order valence-corrected chi connectivity index (χ4v) is 3.00. The van der Waals surface area contributed by atoms with Crippen molar-refractivity contribution in [3.05, 3.63) is 52.1 Å². The maximum atomic E-state index is 12.2. The van der Waals surface area contributed by atoms with Gasteiger partial charge in [0.25, 0.3) is 0 Å². The maximum absolute atomic E-state index is 12.2. The molecule has 0 bridgehead atoms. The molecule has 5 nitrogen and oxygen atoms in total. The number of benzene rings is 1. The molecule has 0 aliphatic rings. The smallest absolute Gasteiger partial charge is 0.220 e. The Morgan fingerprint density at radius 3 is 2.88 bits per heavy atom. The normalized spacial score (nSPS) is 10.4. The molecular weight excluding hydrogens is 396 g/mol. The zero-order chi connectivity index (χ0) is 18.8. The van der Waals surface area contributed by atoms with Gasteiger partial charge in [0, 0.05) is 24.7 Å². The van der Waals surface area contributed by atoms with Crippen LogP contribution in [0, 0.1) is 0 Å². The summed E-state index contributed by atoms with van der Waals surface area (Å²) in [5, 5.41) is 2.94. The summed E-state index contributed by atoms with van der Waals surface area (Å²) in [4.78, 5) is 16.4. The van der Waals surface area contributed by atoms with E-state index in [1.807, 2.05) is 30.3 Å². The minimum atomic E-state index is 0.000279. The summed E-state index contributed by atoms with van der Waals surface area (Å²) in [5.74, 6) is 1.38. The quantitative estimate of drug-likeness (QED) is 0.582. The summed E-state index contributed by atoms with van der Waals surface area (Å²) < 4.78 is 11.8. The summed E-state index contributed by atoms with van der Waals surface area (Å²) in [7, 11) is 1.63. The van der Waals surface area contributed by atoms with Crippen molar-refractivity contribution in [2.24, 2.45) is 0 Å². The van der Waals surface area contributed by atoms with Crippen LogP contribution in [0.25, 0.3) is 0 Å². The summed E-state index contributed by atoms with van der Waals surface area (Å²) in [6, 6.07) is 9.62. The number of aromatic nitrogens is 1. The van der Waals surface area contributed by atoms with Crippen LogP contribution in [0.4, 0.5) is 0 Å². The fourth-order valence-electron chi connectivity index (χ4n) is 2.41. The molecule has 0 spiro atoms. The molecule has 1 aromatic heterocycles. The summed E-state index contributed by atoms with van der Waals surface area (Å²) in [6.45, 7) is 3.17. The molecule has 2 aromatic rings. The van der Waals surface area contributed by atoms with Crippen molar-refractivity contribution >= 4 is 21.8 Å². The van der Waals surface area contributed by atoms with Gasteiger partial charge in [-0.05, 0) is 52.5 Å². The number of methoxy groups -OCH3 is 1. The van der Waals surface area contributed by atoms with Gasteiger partial charge in [0.2, 0.25) is 11.8 Å². The highest BCUT2D eigenvalue weighted by molar-refractivity contribution is 9.10. The molecule has 26 heavy (non-hydrogen) atoms. The predicted octanol–water partition coefficient (Wildman–Crippen LogP) is 4.28. The van der Waals surface area contributed by atoms with Crippen LogP contribution >= 0.6 is 15.9 Å². The Hall–Kier alpha value is -2.08. The SMILES string of the molecule is CCCCOc1ncccc1CNC(=O)CCc1ccc(OC)c(Br)c1. The van der Waals surface area contributed by atoms with Crippen molar-refractivity contribution in [1.82, 2.24) is 10.3 Å². The van der Waals surface area contributed by atoms with Crippen LogP contribution in [0.5, 0.6) is 11.6 Å². The fraction of sp³-hybridized carbons (Fsp3) is 0.400. The zero-order valence-corrected chi connectivity index (χ0v) is 16.8. The van der Waals surface area contributed by atoms with Gasteiger partial charge in [-0.15, -0.1) is 0 Å². The molecule has 1 aromatic carbocycles. The number of aryl methyl sites for hydroxylation is 1. The lowest BCUT2D eigenvalue weighted by atomic mass is 10.1. The van der Waals surface area contributed by atoms with E-state index in [4.69, 9.17) is 9.47 Å². The van der Waals surface area contributed by atoms with Gasteiger partial charge in [0.05, 0.1) is 18.2 Å². The summed E-state index contributed by atoms with van der Waals surface area (Å²) in [6.07, 6.45) is 4.85. The van der Waals surface area contributed by atoms with Crippen molar-refractivity contribution in [2.45, 2.75) is 39.2 Å². The minimum Gasteiger partial charge on any atom is -0.496 e. The molecule has 1 N–H and O–H groups in total. The highest BCUT2D eigenvalue weighted by Crippen LogP contribution is 2.26. The van der Waals surface area contributed by atoms with Gasteiger partial charge in [-0.1, -0.05) is 25.5 Å².